The second-order valence-electron chi connectivity index (χ2n) is 5.21. The van der Waals surface area contributed by atoms with Gasteiger partial charge in [0.2, 0.25) is 0 Å². The molecule has 1 amide bonds. The fraction of sp³-hybridized carbons (Fsp3) is 0.211. The minimum Gasteiger partial charge on any atom is -0.493 e. The fourth-order valence-electron chi connectivity index (χ4n) is 2.20. The summed E-state index contributed by atoms with van der Waals surface area (Å²) in [5.41, 5.74) is 2.75. The molecule has 1 N–H and O–H groups in total. The summed E-state index contributed by atoms with van der Waals surface area (Å²) in [6.45, 7) is 3.80. The van der Waals surface area contributed by atoms with Crippen molar-refractivity contribution >= 4 is 33.6 Å². The van der Waals surface area contributed by atoms with E-state index in [1.54, 1.807) is 13.2 Å². The summed E-state index contributed by atoms with van der Waals surface area (Å²) in [5, 5.41) is 2.84. The number of methoxy groups -OCH3 is 1. The SMILES string of the molecule is C/C=C/c1ccc(OCC(=O)Nc2ccc(Br)cc2C)c(OC)c1. The molecular weight excluding hydrogens is 370 g/mol. The summed E-state index contributed by atoms with van der Waals surface area (Å²) in [6, 6.07) is 11.3. The number of rotatable bonds is 6. The van der Waals surface area contributed by atoms with Crippen LogP contribution in [0.1, 0.15) is 18.1 Å². The number of aryl methyl sites for hydroxylation is 1. The number of allylic oxidation sites excluding steroid dienone is 1. The molecule has 0 aliphatic heterocycles. The molecule has 2 rings (SSSR count). The van der Waals surface area contributed by atoms with E-state index in [-0.39, 0.29) is 12.5 Å². The minimum atomic E-state index is -0.222. The molecule has 0 aliphatic rings. The van der Waals surface area contributed by atoms with E-state index in [2.05, 4.69) is 21.2 Å². The van der Waals surface area contributed by atoms with Gasteiger partial charge in [-0.15, -0.1) is 0 Å². The zero-order valence-corrected chi connectivity index (χ0v) is 15.5. The summed E-state index contributed by atoms with van der Waals surface area (Å²) in [7, 11) is 1.58. The van der Waals surface area contributed by atoms with Crippen LogP contribution in [0.2, 0.25) is 0 Å². The van der Waals surface area contributed by atoms with Crippen LogP contribution in [0, 0.1) is 6.92 Å². The second kappa shape index (κ2) is 8.55. The second-order valence-corrected chi connectivity index (χ2v) is 6.12. The van der Waals surface area contributed by atoms with Crippen LogP contribution in [0.25, 0.3) is 6.08 Å². The highest BCUT2D eigenvalue weighted by Crippen LogP contribution is 2.28. The van der Waals surface area contributed by atoms with Gasteiger partial charge in [-0.25, -0.2) is 0 Å². The lowest BCUT2D eigenvalue weighted by atomic mass is 10.2. The van der Waals surface area contributed by atoms with E-state index in [4.69, 9.17) is 9.47 Å². The van der Waals surface area contributed by atoms with Crippen molar-refractivity contribution in [3.63, 3.8) is 0 Å². The molecule has 0 spiro atoms. The standard InChI is InChI=1S/C19H20BrNO3/c1-4-5-14-6-9-17(18(11-14)23-3)24-12-19(22)21-16-8-7-15(20)10-13(16)2/h4-11H,12H2,1-3H3,(H,21,22)/b5-4+. The zero-order chi connectivity index (χ0) is 17.5. The van der Waals surface area contributed by atoms with Crippen molar-refractivity contribution in [3.8, 4) is 11.5 Å². The fourth-order valence-corrected chi connectivity index (χ4v) is 2.67. The number of benzene rings is 2. The summed E-state index contributed by atoms with van der Waals surface area (Å²) < 4.78 is 11.9. The normalized spacial score (nSPS) is 10.7. The number of ether oxygens (including phenoxy) is 2. The van der Waals surface area contributed by atoms with Gasteiger partial charge in [-0.1, -0.05) is 34.1 Å². The predicted octanol–water partition coefficient (Wildman–Crippen LogP) is 4.82. The molecule has 0 saturated carbocycles. The van der Waals surface area contributed by atoms with E-state index in [0.717, 1.165) is 21.3 Å². The molecule has 4 nitrogen and oxygen atoms in total. The monoisotopic (exact) mass is 389 g/mol. The van der Waals surface area contributed by atoms with Crippen molar-refractivity contribution < 1.29 is 14.3 Å². The zero-order valence-electron chi connectivity index (χ0n) is 13.9. The number of carbonyl (C=O) groups excluding carboxylic acids is 1. The highest BCUT2D eigenvalue weighted by atomic mass is 79.9. The smallest absolute Gasteiger partial charge is 0.262 e. The molecule has 0 aliphatic carbocycles. The van der Waals surface area contributed by atoms with Crippen molar-refractivity contribution in [3.05, 3.63) is 58.1 Å². The largest absolute Gasteiger partial charge is 0.493 e. The van der Waals surface area contributed by atoms with E-state index in [1.165, 1.54) is 0 Å². The first-order valence-corrected chi connectivity index (χ1v) is 8.32. The van der Waals surface area contributed by atoms with E-state index in [0.29, 0.717) is 11.5 Å². The van der Waals surface area contributed by atoms with Gasteiger partial charge in [0.05, 0.1) is 7.11 Å². The maximum absolute atomic E-state index is 12.1. The number of carbonyl (C=O) groups is 1. The Bertz CT molecular complexity index is 756. The van der Waals surface area contributed by atoms with Gasteiger partial charge in [0.25, 0.3) is 5.91 Å². The number of hydrogen-bond donors (Lipinski definition) is 1. The van der Waals surface area contributed by atoms with Crippen LogP contribution in [0.15, 0.2) is 46.9 Å². The third-order valence-electron chi connectivity index (χ3n) is 3.37. The molecule has 5 heteroatoms. The van der Waals surface area contributed by atoms with Gasteiger partial charge in [0, 0.05) is 10.2 Å². The van der Waals surface area contributed by atoms with Gasteiger partial charge in [-0.05, 0) is 55.3 Å². The van der Waals surface area contributed by atoms with Crippen LogP contribution in [-0.4, -0.2) is 19.6 Å². The highest BCUT2D eigenvalue weighted by Gasteiger charge is 2.09. The molecule has 2 aromatic carbocycles. The van der Waals surface area contributed by atoms with Crippen LogP contribution in [0.3, 0.4) is 0 Å². The molecule has 0 unspecified atom stereocenters. The lowest BCUT2D eigenvalue weighted by Gasteiger charge is -2.12. The molecule has 0 radical (unpaired) electrons. The van der Waals surface area contributed by atoms with Crippen LogP contribution in [0.4, 0.5) is 5.69 Å². The third kappa shape index (κ3) is 4.86. The Hall–Kier alpha value is -2.27. The van der Waals surface area contributed by atoms with E-state index in [9.17, 15) is 4.79 Å². The number of halogens is 1. The molecule has 126 valence electrons. The molecule has 0 atom stereocenters. The quantitative estimate of drug-likeness (QED) is 0.770. The van der Waals surface area contributed by atoms with E-state index in [1.807, 2.05) is 56.3 Å². The lowest BCUT2D eigenvalue weighted by molar-refractivity contribution is -0.118. The number of hydrogen-bond acceptors (Lipinski definition) is 3. The first kappa shape index (κ1) is 18.1. The van der Waals surface area contributed by atoms with E-state index < -0.39 is 0 Å². The van der Waals surface area contributed by atoms with Gasteiger partial charge < -0.3 is 14.8 Å². The number of amides is 1. The van der Waals surface area contributed by atoms with Gasteiger partial charge in [0.15, 0.2) is 18.1 Å². The van der Waals surface area contributed by atoms with Gasteiger partial charge >= 0.3 is 0 Å². The van der Waals surface area contributed by atoms with E-state index >= 15 is 0 Å². The van der Waals surface area contributed by atoms with Crippen LogP contribution in [0.5, 0.6) is 11.5 Å². The Balaban J connectivity index is 2.01. The first-order valence-electron chi connectivity index (χ1n) is 7.53. The van der Waals surface area contributed by atoms with Crippen molar-refractivity contribution in [1.29, 1.82) is 0 Å². The highest BCUT2D eigenvalue weighted by molar-refractivity contribution is 9.10. The van der Waals surface area contributed by atoms with Gasteiger partial charge in [-0.3, -0.25) is 4.79 Å². The molecule has 24 heavy (non-hydrogen) atoms. The summed E-state index contributed by atoms with van der Waals surface area (Å²) >= 11 is 3.40. The maximum atomic E-state index is 12.1. The van der Waals surface area contributed by atoms with Gasteiger partial charge in [-0.2, -0.15) is 0 Å². The van der Waals surface area contributed by atoms with Crippen LogP contribution >= 0.6 is 15.9 Å². The van der Waals surface area contributed by atoms with Crippen LogP contribution in [-0.2, 0) is 4.79 Å². The molecular formula is C19H20BrNO3. The summed E-state index contributed by atoms with van der Waals surface area (Å²) in [4.78, 5) is 12.1. The number of anilines is 1. The van der Waals surface area contributed by atoms with Crippen molar-refractivity contribution in [2.45, 2.75) is 13.8 Å². The Morgan fingerprint density at radius 2 is 2.00 bits per heavy atom. The molecule has 2 aromatic rings. The van der Waals surface area contributed by atoms with Crippen molar-refractivity contribution in [2.24, 2.45) is 0 Å². The molecule has 0 heterocycles. The third-order valence-corrected chi connectivity index (χ3v) is 3.86. The Morgan fingerprint density at radius 1 is 1.21 bits per heavy atom. The molecule has 0 saturated heterocycles. The molecule has 0 fully saturated rings. The lowest BCUT2D eigenvalue weighted by Crippen LogP contribution is -2.20. The first-order chi connectivity index (χ1) is 11.5. The number of nitrogens with one attached hydrogen (secondary N) is 1. The summed E-state index contributed by atoms with van der Waals surface area (Å²) in [5.74, 6) is 0.909. The minimum absolute atomic E-state index is 0.0885. The van der Waals surface area contributed by atoms with Crippen LogP contribution < -0.4 is 14.8 Å². The molecule has 0 aromatic heterocycles. The Morgan fingerprint density at radius 3 is 2.67 bits per heavy atom. The Kier molecular flexibility index (Phi) is 6.44. The average Bonchev–Trinajstić information content (AvgIpc) is 2.56. The molecule has 0 bridgehead atoms. The maximum Gasteiger partial charge on any atom is 0.262 e. The van der Waals surface area contributed by atoms with Crippen molar-refractivity contribution in [2.75, 3.05) is 19.0 Å². The topological polar surface area (TPSA) is 47.6 Å². The van der Waals surface area contributed by atoms with Gasteiger partial charge in [0.1, 0.15) is 0 Å². The summed E-state index contributed by atoms with van der Waals surface area (Å²) in [6.07, 6.45) is 3.92. The average molecular weight is 390 g/mol. The predicted molar refractivity (Wildman–Crippen MR) is 101 cm³/mol. The Labute approximate surface area is 150 Å². The van der Waals surface area contributed by atoms with Crippen molar-refractivity contribution in [1.82, 2.24) is 0 Å².